The summed E-state index contributed by atoms with van der Waals surface area (Å²) in [4.78, 5) is 50.3. The SMILES string of the molecule is Cc1c(OC(C)(C)C)cc(C(C)(C)C)c(OP(Oc2cc3ccccc3cc2[N+](=O)[O-])Oc2cc3ccccc3cc2[N+](=O)[O-])c1-c1c(C)c(C(C)(C)C)cc(C(C)(C)C)c1OP(Oc1cc2ccccc2cc1[N+](=O)[O-])Oc1cc2ccccc2cc1[N+](=O)[O-]. The first-order valence-electron chi connectivity index (χ1n) is 29.2. The summed E-state index contributed by atoms with van der Waals surface area (Å²) < 4.78 is 48.8. The first-order chi connectivity index (χ1) is 42.7. The van der Waals surface area contributed by atoms with Gasteiger partial charge in [0.15, 0.2) is 0 Å². The maximum atomic E-state index is 13.2. The van der Waals surface area contributed by atoms with Crippen molar-refractivity contribution in [2.45, 2.75) is 119 Å². The number of nitro groups is 4. The number of fused-ring (bicyclic) bond motifs is 4. The predicted molar refractivity (Wildman–Crippen MR) is 358 cm³/mol. The highest BCUT2D eigenvalue weighted by molar-refractivity contribution is 7.43. The van der Waals surface area contributed by atoms with Crippen LogP contribution in [0.25, 0.3) is 54.2 Å². The summed E-state index contributed by atoms with van der Waals surface area (Å²) >= 11 is 0. The highest BCUT2D eigenvalue weighted by Gasteiger charge is 2.41. The Morgan fingerprint density at radius 1 is 0.319 bits per heavy atom. The zero-order valence-corrected chi connectivity index (χ0v) is 54.6. The highest BCUT2D eigenvalue weighted by Crippen LogP contribution is 2.60. The fraction of sp³-hybridized carbons (Fsp3) is 0.257. The summed E-state index contributed by atoms with van der Waals surface area (Å²) in [6.45, 7) is 27.4. The van der Waals surface area contributed by atoms with Gasteiger partial charge in [0.25, 0.3) is 0 Å². The van der Waals surface area contributed by atoms with Crippen LogP contribution in [-0.2, 0) is 16.2 Å². The highest BCUT2D eigenvalue weighted by atomic mass is 31.2. The summed E-state index contributed by atoms with van der Waals surface area (Å²) in [6, 6.07) is 43.3. The van der Waals surface area contributed by atoms with Crippen LogP contribution in [0.3, 0.4) is 0 Å². The average Bonchev–Trinajstić information content (AvgIpc) is 0.737. The van der Waals surface area contributed by atoms with E-state index in [9.17, 15) is 40.5 Å². The second-order valence-corrected chi connectivity index (χ2v) is 28.2. The van der Waals surface area contributed by atoms with E-state index in [2.05, 4.69) is 20.8 Å². The fourth-order valence-electron chi connectivity index (χ4n) is 10.9. The van der Waals surface area contributed by atoms with Gasteiger partial charge in [-0.1, -0.05) is 165 Å². The molecule has 0 aromatic heterocycles. The van der Waals surface area contributed by atoms with Gasteiger partial charge in [0, 0.05) is 52.1 Å². The van der Waals surface area contributed by atoms with Crippen molar-refractivity contribution < 1.29 is 51.6 Å². The van der Waals surface area contributed by atoms with E-state index in [1.807, 2.05) is 88.3 Å². The van der Waals surface area contributed by atoms with Crippen LogP contribution in [0.1, 0.15) is 111 Å². The Morgan fingerprint density at radius 2 is 0.571 bits per heavy atom. The average molecular weight is 1270 g/mol. The van der Waals surface area contributed by atoms with Crippen LogP contribution in [0, 0.1) is 54.3 Å². The molecule has 0 aliphatic carbocycles. The van der Waals surface area contributed by atoms with Crippen LogP contribution >= 0.6 is 17.2 Å². The quantitative estimate of drug-likeness (QED) is 0.0441. The van der Waals surface area contributed by atoms with E-state index >= 15 is 0 Å². The molecule has 0 unspecified atom stereocenters. The van der Waals surface area contributed by atoms with Gasteiger partial charge >= 0.3 is 40.0 Å². The van der Waals surface area contributed by atoms with Gasteiger partial charge in [-0.2, -0.15) is 0 Å². The molecule has 468 valence electrons. The molecule has 0 atom stereocenters. The Kier molecular flexibility index (Phi) is 17.4. The van der Waals surface area contributed by atoms with E-state index in [0.29, 0.717) is 82.2 Å². The van der Waals surface area contributed by atoms with E-state index in [1.165, 1.54) is 48.5 Å². The number of nitro benzene ring substituents is 4. The summed E-state index contributed by atoms with van der Waals surface area (Å²) in [6.07, 6.45) is 0. The van der Waals surface area contributed by atoms with E-state index in [-0.39, 0.29) is 34.5 Å². The monoisotopic (exact) mass is 1270 g/mol. The molecule has 0 N–H and O–H groups in total. The number of hydrogen-bond donors (Lipinski definition) is 0. The molecule has 0 aliphatic heterocycles. The minimum atomic E-state index is -3.08. The fourth-order valence-corrected chi connectivity index (χ4v) is 13.0. The predicted octanol–water partition coefficient (Wildman–Crippen LogP) is 20.8. The zero-order chi connectivity index (χ0) is 65.8. The van der Waals surface area contributed by atoms with Gasteiger partial charge in [0.1, 0.15) is 22.8 Å². The van der Waals surface area contributed by atoms with Crippen molar-refractivity contribution in [3.8, 4) is 51.4 Å². The van der Waals surface area contributed by atoms with Gasteiger partial charge in [-0.15, -0.1) is 0 Å². The molecule has 0 heterocycles. The van der Waals surface area contributed by atoms with Crippen molar-refractivity contribution in [1.29, 1.82) is 0 Å². The normalized spacial score (nSPS) is 12.2. The topological polar surface area (TPSA) is 237 Å². The van der Waals surface area contributed by atoms with Crippen LogP contribution < -0.4 is 31.9 Å². The van der Waals surface area contributed by atoms with Crippen molar-refractivity contribution in [3.05, 3.63) is 226 Å². The standard InChI is InChI=1S/C70H68N4O15P2/c1-41-51(67(3,4)5)39-52(68(6,7)8)65(88-90(84-59-35-47-27-19-15-23-43(47)31-54(59)71(75)76)85-60-36-48-28-20-16-24-44(48)32-55(60)72(77)78)63(41)64-42(2)58(83-70(12,13)14)40-53(69(9,10)11)66(64)89-91(86-61-37-49-29-21-17-25-45(49)33-56(61)73(79)80)87-62-38-50-30-22-18-26-46(50)34-57(62)74(81)82/h15-40H,1-14H3. The molecule has 91 heavy (non-hydrogen) atoms. The molecule has 10 aromatic carbocycles. The minimum absolute atomic E-state index is 0.0876. The molecule has 19 nitrogen and oxygen atoms in total. The molecule has 21 heteroatoms. The smallest absolute Gasteiger partial charge is 0.488 e. The lowest BCUT2D eigenvalue weighted by Gasteiger charge is -2.35. The molecule has 0 saturated heterocycles. The first kappa shape index (κ1) is 64.3. The van der Waals surface area contributed by atoms with Gasteiger partial charge in [0.05, 0.1) is 19.7 Å². The second-order valence-electron chi connectivity index (χ2n) is 26.2. The largest absolute Gasteiger partial charge is 0.530 e. The maximum absolute atomic E-state index is 13.2. The van der Waals surface area contributed by atoms with Crippen LogP contribution in [0.5, 0.6) is 40.2 Å². The third-order valence-electron chi connectivity index (χ3n) is 15.2. The van der Waals surface area contributed by atoms with Crippen LogP contribution in [0.15, 0.2) is 158 Å². The van der Waals surface area contributed by atoms with Gasteiger partial charge in [-0.3, -0.25) is 40.5 Å². The summed E-state index contributed by atoms with van der Waals surface area (Å²) in [5.74, 6) is -0.460. The molecule has 0 radical (unpaired) electrons. The molecule has 10 rings (SSSR count). The summed E-state index contributed by atoms with van der Waals surface area (Å²) in [7, 11) is -6.15. The third-order valence-corrected chi connectivity index (χ3v) is 17.3. The van der Waals surface area contributed by atoms with Crippen LogP contribution in [0.4, 0.5) is 22.7 Å². The summed E-state index contributed by atoms with van der Waals surface area (Å²) in [5.41, 5.74) is -1.27. The second kappa shape index (κ2) is 24.6. The lowest BCUT2D eigenvalue weighted by Crippen LogP contribution is -2.25. The Balaban J connectivity index is 1.31. The van der Waals surface area contributed by atoms with Crippen molar-refractivity contribution in [2.75, 3.05) is 0 Å². The van der Waals surface area contributed by atoms with Gasteiger partial charge in [-0.25, -0.2) is 0 Å². The Labute approximate surface area is 528 Å². The van der Waals surface area contributed by atoms with Crippen molar-refractivity contribution in [1.82, 2.24) is 0 Å². The molecular formula is C70H68N4O15P2. The molecule has 10 aromatic rings. The summed E-state index contributed by atoms with van der Waals surface area (Å²) in [5, 5.41) is 57.1. The zero-order valence-electron chi connectivity index (χ0n) is 52.8. The first-order valence-corrected chi connectivity index (χ1v) is 31.4. The molecule has 0 amide bonds. The number of ether oxygens (including phenoxy) is 1. The van der Waals surface area contributed by atoms with Crippen LogP contribution in [-0.4, -0.2) is 25.3 Å². The van der Waals surface area contributed by atoms with E-state index in [0.717, 1.165) is 5.56 Å². The lowest BCUT2D eigenvalue weighted by atomic mass is 9.74. The number of nitrogens with zero attached hydrogens (tertiary/aromatic N) is 4. The molecule has 0 aliphatic rings. The third kappa shape index (κ3) is 13.7. The molecule has 0 bridgehead atoms. The van der Waals surface area contributed by atoms with E-state index in [1.54, 1.807) is 97.1 Å². The maximum Gasteiger partial charge on any atom is 0.530 e. The van der Waals surface area contributed by atoms with Crippen molar-refractivity contribution >= 4 is 83.0 Å². The lowest BCUT2D eigenvalue weighted by molar-refractivity contribution is -0.385. The van der Waals surface area contributed by atoms with Crippen molar-refractivity contribution in [3.63, 3.8) is 0 Å². The molecule has 0 fully saturated rings. The Morgan fingerprint density at radius 3 is 0.824 bits per heavy atom. The van der Waals surface area contributed by atoms with Gasteiger partial charge < -0.3 is 31.9 Å². The Hall–Kier alpha value is -9.70. The van der Waals surface area contributed by atoms with E-state index < -0.39 is 81.5 Å². The number of hydrogen-bond acceptors (Lipinski definition) is 15. The molecule has 0 spiro atoms. The molecular weight excluding hydrogens is 1200 g/mol. The van der Waals surface area contributed by atoms with Gasteiger partial charge in [-0.05, 0) is 135 Å². The number of rotatable bonds is 18. The number of benzene rings is 10. The Bertz CT molecular complexity index is 4390. The molecule has 0 saturated carbocycles. The van der Waals surface area contributed by atoms with E-state index in [4.69, 9.17) is 31.9 Å². The van der Waals surface area contributed by atoms with Gasteiger partial charge in [0.2, 0.25) is 23.0 Å². The van der Waals surface area contributed by atoms with Crippen LogP contribution in [0.2, 0.25) is 0 Å². The van der Waals surface area contributed by atoms with Crippen molar-refractivity contribution in [2.24, 2.45) is 0 Å². The minimum Gasteiger partial charge on any atom is -0.488 e.